The van der Waals surface area contributed by atoms with E-state index in [9.17, 15) is 4.79 Å². The van der Waals surface area contributed by atoms with Gasteiger partial charge in [0.15, 0.2) is 0 Å². The highest BCUT2D eigenvalue weighted by Gasteiger charge is 2.29. The second kappa shape index (κ2) is 6.06. The maximum absolute atomic E-state index is 12.2. The molecule has 2 unspecified atom stereocenters. The third kappa shape index (κ3) is 3.26. The maximum atomic E-state index is 12.2. The summed E-state index contributed by atoms with van der Waals surface area (Å²) in [6, 6.07) is 5.72. The van der Waals surface area contributed by atoms with Gasteiger partial charge in [0.1, 0.15) is 5.75 Å². The normalized spacial score (nSPS) is 22.3. The molecule has 2 rings (SSSR count). The Morgan fingerprint density at radius 3 is 2.95 bits per heavy atom. The van der Waals surface area contributed by atoms with Crippen molar-refractivity contribution in [2.75, 3.05) is 18.5 Å². The summed E-state index contributed by atoms with van der Waals surface area (Å²) < 4.78 is 5.57. The predicted molar refractivity (Wildman–Crippen MR) is 76.5 cm³/mol. The largest absolute Gasteiger partial charge is 0.492 e. The van der Waals surface area contributed by atoms with Crippen molar-refractivity contribution >= 4 is 11.6 Å². The van der Waals surface area contributed by atoms with E-state index in [4.69, 9.17) is 4.74 Å². The van der Waals surface area contributed by atoms with E-state index >= 15 is 0 Å². The molecule has 1 saturated heterocycles. The molecule has 0 spiro atoms. The first-order valence-electron chi connectivity index (χ1n) is 6.89. The molecule has 0 saturated carbocycles. The molecule has 0 radical (unpaired) electrons. The molecule has 4 nitrogen and oxygen atoms in total. The molecule has 1 aromatic carbocycles. The quantitative estimate of drug-likeness (QED) is 0.875. The van der Waals surface area contributed by atoms with Crippen molar-refractivity contribution in [1.29, 1.82) is 0 Å². The molecule has 1 amide bonds. The molecule has 2 atom stereocenters. The smallest absolute Gasteiger partial charge is 0.241 e. The van der Waals surface area contributed by atoms with Gasteiger partial charge in [-0.1, -0.05) is 13.0 Å². The van der Waals surface area contributed by atoms with Crippen molar-refractivity contribution < 1.29 is 9.53 Å². The Bertz CT molecular complexity index is 459. The minimum Gasteiger partial charge on any atom is -0.492 e. The third-order valence-corrected chi connectivity index (χ3v) is 3.51. The first-order chi connectivity index (χ1) is 9.11. The van der Waals surface area contributed by atoms with Crippen LogP contribution in [0.3, 0.4) is 0 Å². The lowest BCUT2D eigenvalue weighted by molar-refractivity contribution is -0.118. The van der Waals surface area contributed by atoms with E-state index in [-0.39, 0.29) is 11.9 Å². The summed E-state index contributed by atoms with van der Waals surface area (Å²) in [6.07, 6.45) is 1.05. The van der Waals surface area contributed by atoms with Gasteiger partial charge in [-0.15, -0.1) is 0 Å². The second-order valence-corrected chi connectivity index (χ2v) is 5.12. The molecule has 1 fully saturated rings. The number of ether oxygens (including phenoxy) is 1. The molecule has 1 aliphatic rings. The molecule has 4 heteroatoms. The molecule has 1 heterocycles. The van der Waals surface area contributed by atoms with Gasteiger partial charge < -0.3 is 15.4 Å². The van der Waals surface area contributed by atoms with Crippen LogP contribution >= 0.6 is 0 Å². The van der Waals surface area contributed by atoms with Gasteiger partial charge in [-0.2, -0.15) is 0 Å². The molecule has 0 aliphatic carbocycles. The Balaban J connectivity index is 2.11. The average Bonchev–Trinajstić information content (AvgIpc) is 2.79. The van der Waals surface area contributed by atoms with Crippen molar-refractivity contribution in [3.05, 3.63) is 23.8 Å². The van der Waals surface area contributed by atoms with Crippen LogP contribution in [0.4, 0.5) is 5.69 Å². The van der Waals surface area contributed by atoms with Crippen LogP contribution in [0, 0.1) is 12.8 Å². The van der Waals surface area contributed by atoms with Gasteiger partial charge in [-0.3, -0.25) is 4.79 Å². The Labute approximate surface area is 114 Å². The Kier molecular flexibility index (Phi) is 4.43. The van der Waals surface area contributed by atoms with Crippen LogP contribution < -0.4 is 15.4 Å². The van der Waals surface area contributed by atoms with Crippen molar-refractivity contribution in [2.24, 2.45) is 5.92 Å². The van der Waals surface area contributed by atoms with Gasteiger partial charge in [0, 0.05) is 0 Å². The van der Waals surface area contributed by atoms with Gasteiger partial charge in [0.05, 0.1) is 18.3 Å². The van der Waals surface area contributed by atoms with E-state index in [1.54, 1.807) is 0 Å². The highest BCUT2D eigenvalue weighted by Crippen LogP contribution is 2.26. The molecule has 19 heavy (non-hydrogen) atoms. The summed E-state index contributed by atoms with van der Waals surface area (Å²) in [5, 5.41) is 6.20. The third-order valence-electron chi connectivity index (χ3n) is 3.51. The summed E-state index contributed by atoms with van der Waals surface area (Å²) in [5.74, 6) is 1.14. The van der Waals surface area contributed by atoms with Crippen LogP contribution in [0.5, 0.6) is 5.75 Å². The van der Waals surface area contributed by atoms with Crippen molar-refractivity contribution in [3.8, 4) is 5.75 Å². The van der Waals surface area contributed by atoms with Crippen LogP contribution in [-0.4, -0.2) is 25.1 Å². The van der Waals surface area contributed by atoms with Crippen LogP contribution in [0.1, 0.15) is 25.8 Å². The summed E-state index contributed by atoms with van der Waals surface area (Å²) in [6.45, 7) is 7.54. The number of hydrogen-bond donors (Lipinski definition) is 2. The molecular formula is C15H22N2O2. The molecule has 104 valence electrons. The number of amides is 1. The minimum absolute atomic E-state index is 0.0230. The number of hydrogen-bond acceptors (Lipinski definition) is 3. The topological polar surface area (TPSA) is 50.4 Å². The number of nitrogens with one attached hydrogen (secondary N) is 2. The number of benzene rings is 1. The van der Waals surface area contributed by atoms with Gasteiger partial charge in [0.2, 0.25) is 5.91 Å². The number of rotatable bonds is 4. The Morgan fingerprint density at radius 1 is 1.53 bits per heavy atom. The highest BCUT2D eigenvalue weighted by molar-refractivity contribution is 5.96. The SMILES string of the molecule is CCOc1cc(C)ccc1NC(=O)C1NCCC1C. The zero-order valence-corrected chi connectivity index (χ0v) is 11.8. The fraction of sp³-hybridized carbons (Fsp3) is 0.533. The maximum Gasteiger partial charge on any atom is 0.241 e. The number of carbonyl (C=O) groups excluding carboxylic acids is 1. The van der Waals surface area contributed by atoms with E-state index in [1.807, 2.05) is 32.0 Å². The van der Waals surface area contributed by atoms with E-state index < -0.39 is 0 Å². The van der Waals surface area contributed by atoms with Crippen LogP contribution in [-0.2, 0) is 4.79 Å². The molecule has 2 N–H and O–H groups in total. The summed E-state index contributed by atoms with van der Waals surface area (Å²) in [7, 11) is 0. The fourth-order valence-electron chi connectivity index (χ4n) is 2.40. The zero-order valence-electron chi connectivity index (χ0n) is 11.8. The Morgan fingerprint density at radius 2 is 2.32 bits per heavy atom. The zero-order chi connectivity index (χ0) is 13.8. The van der Waals surface area contributed by atoms with Gasteiger partial charge in [-0.05, 0) is 50.4 Å². The summed E-state index contributed by atoms with van der Waals surface area (Å²) >= 11 is 0. The monoisotopic (exact) mass is 262 g/mol. The molecule has 0 aromatic heterocycles. The standard InChI is InChI=1S/C15H22N2O2/c1-4-19-13-9-10(2)5-6-12(13)17-15(18)14-11(3)7-8-16-14/h5-6,9,11,14,16H,4,7-8H2,1-3H3,(H,17,18). The lowest BCUT2D eigenvalue weighted by atomic mass is 10.0. The van der Waals surface area contributed by atoms with E-state index in [0.717, 1.165) is 30.0 Å². The molecular weight excluding hydrogens is 240 g/mol. The highest BCUT2D eigenvalue weighted by atomic mass is 16.5. The molecule has 1 aromatic rings. The molecule has 1 aliphatic heterocycles. The van der Waals surface area contributed by atoms with Crippen LogP contribution in [0.15, 0.2) is 18.2 Å². The summed E-state index contributed by atoms with van der Waals surface area (Å²) in [5.41, 5.74) is 1.87. The second-order valence-electron chi connectivity index (χ2n) is 5.12. The average molecular weight is 262 g/mol. The van der Waals surface area contributed by atoms with Crippen molar-refractivity contribution in [3.63, 3.8) is 0 Å². The minimum atomic E-state index is -0.101. The van der Waals surface area contributed by atoms with Crippen LogP contribution in [0.2, 0.25) is 0 Å². The van der Waals surface area contributed by atoms with E-state index in [0.29, 0.717) is 12.5 Å². The van der Waals surface area contributed by atoms with Gasteiger partial charge in [-0.25, -0.2) is 0 Å². The number of aryl methyl sites for hydroxylation is 1. The molecule has 0 bridgehead atoms. The van der Waals surface area contributed by atoms with Crippen LogP contribution in [0.25, 0.3) is 0 Å². The first kappa shape index (κ1) is 13.9. The number of carbonyl (C=O) groups is 1. The lowest BCUT2D eigenvalue weighted by Crippen LogP contribution is -2.39. The van der Waals surface area contributed by atoms with Crippen molar-refractivity contribution in [2.45, 2.75) is 33.2 Å². The van der Waals surface area contributed by atoms with E-state index in [2.05, 4.69) is 17.6 Å². The van der Waals surface area contributed by atoms with Gasteiger partial charge >= 0.3 is 0 Å². The lowest BCUT2D eigenvalue weighted by Gasteiger charge is -2.17. The first-order valence-corrected chi connectivity index (χ1v) is 6.89. The summed E-state index contributed by atoms with van der Waals surface area (Å²) in [4.78, 5) is 12.2. The van der Waals surface area contributed by atoms with E-state index in [1.165, 1.54) is 0 Å². The Hall–Kier alpha value is -1.55. The van der Waals surface area contributed by atoms with Crippen molar-refractivity contribution in [1.82, 2.24) is 5.32 Å². The van der Waals surface area contributed by atoms with Gasteiger partial charge in [0.25, 0.3) is 0 Å². The fourth-order valence-corrected chi connectivity index (χ4v) is 2.40. The predicted octanol–water partition coefficient (Wildman–Crippen LogP) is 2.33. The number of anilines is 1.